The van der Waals surface area contributed by atoms with Gasteiger partial charge in [-0.15, -0.1) is 0 Å². The largest absolute Gasteiger partial charge is 0.256 e. The fourth-order valence-corrected chi connectivity index (χ4v) is 6.15. The lowest BCUT2D eigenvalue weighted by Gasteiger charge is -2.07. The van der Waals surface area contributed by atoms with Crippen LogP contribution in [0.5, 0.6) is 0 Å². The van der Waals surface area contributed by atoms with E-state index < -0.39 is 0 Å². The minimum Gasteiger partial charge on any atom is -0.234 e. The molecule has 0 radical (unpaired) electrons. The maximum Gasteiger partial charge on any atom is 0.256 e. The third-order valence-corrected chi connectivity index (χ3v) is 8.85. The number of hydrogen-bond donors (Lipinski definition) is 0. The van der Waals surface area contributed by atoms with Gasteiger partial charge in [0.05, 0.1) is 13.1 Å². The zero-order valence-corrected chi connectivity index (χ0v) is 27.5. The van der Waals surface area contributed by atoms with Gasteiger partial charge >= 0.3 is 0 Å². The fourth-order valence-electron chi connectivity index (χ4n) is 6.15. The molecule has 0 amide bonds. The van der Waals surface area contributed by atoms with Gasteiger partial charge in [-0.25, -0.2) is 9.13 Å². The molecule has 39 heavy (non-hydrogen) atoms. The first-order chi connectivity index (χ1) is 19.3. The molecule has 0 N–H and O–H groups in total. The smallest absolute Gasteiger partial charge is 0.234 e. The van der Waals surface area contributed by atoms with Gasteiger partial charge in [0.15, 0.2) is 0 Å². The Balaban J connectivity index is 2.08. The molecule has 230 valence electrons. The van der Waals surface area contributed by atoms with Crippen molar-refractivity contribution in [3.63, 3.8) is 0 Å². The molecule has 2 nitrogen and oxygen atoms in total. The molecule has 1 aromatic heterocycles. The number of nitrogens with zero attached hydrogens (tertiary/aromatic N) is 2. The summed E-state index contributed by atoms with van der Waals surface area (Å²) in [6, 6.07) is 0. The normalized spacial score (nSPS) is 11.6. The highest BCUT2D eigenvalue weighted by Gasteiger charge is 2.16. The lowest BCUT2D eigenvalue weighted by atomic mass is 10.0. The summed E-state index contributed by atoms with van der Waals surface area (Å²) in [7, 11) is 0. The van der Waals surface area contributed by atoms with Crippen LogP contribution in [0.15, 0.2) is 12.4 Å². The maximum atomic E-state index is 2.60. The molecule has 1 aromatic rings. The van der Waals surface area contributed by atoms with Crippen LogP contribution in [0.4, 0.5) is 0 Å². The van der Waals surface area contributed by atoms with Crippen LogP contribution >= 0.6 is 0 Å². The summed E-state index contributed by atoms with van der Waals surface area (Å²) in [5.74, 6) is 1.60. The third kappa shape index (κ3) is 21.6. The molecule has 0 spiro atoms. The van der Waals surface area contributed by atoms with Gasteiger partial charge in [0.2, 0.25) is 0 Å². The molecule has 0 bridgehead atoms. The van der Waals surface area contributed by atoms with E-state index in [1.807, 2.05) is 0 Å². The number of unbranched alkanes of at least 4 members (excludes halogenated alkanes) is 25. The first-order valence-electron chi connectivity index (χ1n) is 18.4. The van der Waals surface area contributed by atoms with E-state index in [0.717, 1.165) is 0 Å². The zero-order valence-electron chi connectivity index (χ0n) is 27.5. The standard InChI is InChI=1S/C37H73N2/c1-4-7-10-12-14-16-17-18-19-20-21-22-23-24-26-28-31-34-39-36-35-38(37(39)32-29-9-6-3)33-30-27-25-15-13-11-8-5-2/h35-36H,4-34H2,1-3H3/q+1. The summed E-state index contributed by atoms with van der Waals surface area (Å²) in [6.07, 6.45) is 46.0. The molecule has 0 fully saturated rings. The van der Waals surface area contributed by atoms with Gasteiger partial charge in [-0.05, 0) is 32.1 Å². The Kier molecular flexibility index (Phi) is 26.7. The quantitative estimate of drug-likeness (QED) is 0.0648. The minimum atomic E-state index is 1.22. The Bertz CT molecular complexity index is 605. The van der Waals surface area contributed by atoms with E-state index >= 15 is 0 Å². The van der Waals surface area contributed by atoms with E-state index in [4.69, 9.17) is 0 Å². The number of aryl methyl sites for hydroxylation is 2. The van der Waals surface area contributed by atoms with Crippen molar-refractivity contribution in [1.29, 1.82) is 0 Å². The van der Waals surface area contributed by atoms with Crippen molar-refractivity contribution in [3.05, 3.63) is 18.2 Å². The van der Waals surface area contributed by atoms with E-state index in [0.29, 0.717) is 0 Å². The Morgan fingerprint density at radius 3 is 1.23 bits per heavy atom. The summed E-state index contributed by atoms with van der Waals surface area (Å²) in [6.45, 7) is 9.39. The second-order valence-electron chi connectivity index (χ2n) is 12.7. The van der Waals surface area contributed by atoms with Crippen molar-refractivity contribution in [1.82, 2.24) is 4.57 Å². The number of hydrogen-bond acceptors (Lipinski definition) is 0. The predicted octanol–water partition coefficient (Wildman–Crippen LogP) is 12.3. The minimum absolute atomic E-state index is 1.22. The number of rotatable bonds is 31. The van der Waals surface area contributed by atoms with Gasteiger partial charge in [0.25, 0.3) is 5.82 Å². The van der Waals surface area contributed by atoms with Crippen molar-refractivity contribution >= 4 is 0 Å². The highest BCUT2D eigenvalue weighted by molar-refractivity contribution is 4.84. The van der Waals surface area contributed by atoms with Crippen LogP contribution in [0.3, 0.4) is 0 Å². The van der Waals surface area contributed by atoms with E-state index in [1.165, 1.54) is 199 Å². The first-order valence-corrected chi connectivity index (χ1v) is 18.4. The number of aromatic nitrogens is 2. The van der Waals surface area contributed by atoms with Crippen molar-refractivity contribution in [2.45, 2.75) is 220 Å². The second-order valence-corrected chi connectivity index (χ2v) is 12.7. The molecule has 0 atom stereocenters. The predicted molar refractivity (Wildman–Crippen MR) is 175 cm³/mol. The zero-order chi connectivity index (χ0) is 28.1. The molecular weight excluding hydrogens is 472 g/mol. The maximum absolute atomic E-state index is 2.60. The van der Waals surface area contributed by atoms with E-state index in [-0.39, 0.29) is 0 Å². The molecule has 0 saturated carbocycles. The Hall–Kier alpha value is -0.790. The Morgan fingerprint density at radius 2 is 0.795 bits per heavy atom. The number of imidazole rings is 1. The van der Waals surface area contributed by atoms with E-state index in [1.54, 1.807) is 5.82 Å². The van der Waals surface area contributed by atoms with E-state index in [9.17, 15) is 0 Å². The monoisotopic (exact) mass is 546 g/mol. The fraction of sp³-hybridized carbons (Fsp3) is 0.919. The van der Waals surface area contributed by atoms with Gasteiger partial charge in [0.1, 0.15) is 12.4 Å². The molecule has 1 rings (SSSR count). The van der Waals surface area contributed by atoms with Gasteiger partial charge in [-0.3, -0.25) is 0 Å². The van der Waals surface area contributed by atoms with Crippen LogP contribution in [0.25, 0.3) is 0 Å². The summed E-state index contributed by atoms with van der Waals surface area (Å²) in [5.41, 5.74) is 0. The SMILES string of the molecule is CCCCCCCCCCCCCCCCCCC[n+]1ccn(CCCCCCCCCC)c1CCCCC. The summed E-state index contributed by atoms with van der Waals surface area (Å²) in [4.78, 5) is 0. The Labute approximate surface area is 247 Å². The van der Waals surface area contributed by atoms with Crippen molar-refractivity contribution in [3.8, 4) is 0 Å². The average Bonchev–Trinajstić information content (AvgIpc) is 3.33. The third-order valence-electron chi connectivity index (χ3n) is 8.85. The lowest BCUT2D eigenvalue weighted by molar-refractivity contribution is -0.704. The highest BCUT2D eigenvalue weighted by atomic mass is 15.1. The van der Waals surface area contributed by atoms with Crippen LogP contribution in [0.2, 0.25) is 0 Å². The molecule has 0 aliphatic heterocycles. The molecule has 2 heteroatoms. The van der Waals surface area contributed by atoms with Crippen LogP contribution in [0, 0.1) is 0 Å². The molecule has 0 aromatic carbocycles. The first kappa shape index (κ1) is 36.2. The van der Waals surface area contributed by atoms with E-state index in [2.05, 4.69) is 42.3 Å². The van der Waals surface area contributed by atoms with Crippen LogP contribution in [-0.4, -0.2) is 4.57 Å². The summed E-state index contributed by atoms with van der Waals surface area (Å²) in [5, 5.41) is 0. The van der Waals surface area contributed by atoms with Crippen LogP contribution in [-0.2, 0) is 19.5 Å². The molecule has 0 saturated heterocycles. The van der Waals surface area contributed by atoms with Crippen molar-refractivity contribution in [2.75, 3.05) is 0 Å². The summed E-state index contributed by atoms with van der Waals surface area (Å²) < 4.78 is 5.20. The van der Waals surface area contributed by atoms with Gasteiger partial charge in [-0.1, -0.05) is 168 Å². The average molecular weight is 546 g/mol. The lowest BCUT2D eigenvalue weighted by Crippen LogP contribution is -2.37. The Morgan fingerprint density at radius 1 is 0.436 bits per heavy atom. The van der Waals surface area contributed by atoms with Gasteiger partial charge < -0.3 is 0 Å². The molecular formula is C37H73N2+. The second kappa shape index (κ2) is 28.7. The molecule has 0 unspecified atom stereocenters. The molecule has 0 aliphatic rings. The van der Waals surface area contributed by atoms with Crippen molar-refractivity contribution < 1.29 is 4.57 Å². The van der Waals surface area contributed by atoms with Gasteiger partial charge in [-0.2, -0.15) is 0 Å². The van der Waals surface area contributed by atoms with Crippen LogP contribution in [0.1, 0.15) is 206 Å². The molecule has 0 aliphatic carbocycles. The summed E-state index contributed by atoms with van der Waals surface area (Å²) >= 11 is 0. The highest BCUT2D eigenvalue weighted by Crippen LogP contribution is 2.15. The topological polar surface area (TPSA) is 8.81 Å². The van der Waals surface area contributed by atoms with Crippen LogP contribution < -0.4 is 4.57 Å². The van der Waals surface area contributed by atoms with Crippen molar-refractivity contribution in [2.24, 2.45) is 0 Å². The molecule has 1 heterocycles. The van der Waals surface area contributed by atoms with Gasteiger partial charge in [0, 0.05) is 6.42 Å².